The number of amides is 1. The summed E-state index contributed by atoms with van der Waals surface area (Å²) < 4.78 is 32.7. The van der Waals surface area contributed by atoms with E-state index in [1.165, 1.54) is 25.3 Å². The highest BCUT2D eigenvalue weighted by Crippen LogP contribution is 2.35. The van der Waals surface area contributed by atoms with E-state index in [0.29, 0.717) is 12.3 Å². The third-order valence-corrected chi connectivity index (χ3v) is 5.95. The predicted octanol–water partition coefficient (Wildman–Crippen LogP) is 3.33. The van der Waals surface area contributed by atoms with Gasteiger partial charge in [0.05, 0.1) is 17.8 Å². The Balaban J connectivity index is 2.62. The lowest BCUT2D eigenvalue weighted by Crippen LogP contribution is -2.41. The number of ether oxygens (including phenoxy) is 1. The van der Waals surface area contributed by atoms with E-state index in [1.807, 2.05) is 0 Å². The van der Waals surface area contributed by atoms with Gasteiger partial charge in [0, 0.05) is 11.6 Å². The van der Waals surface area contributed by atoms with Crippen molar-refractivity contribution in [2.45, 2.75) is 11.8 Å². The lowest BCUT2D eigenvalue weighted by molar-refractivity contribution is -0.119. The Hall–Kier alpha value is -1.96. The van der Waals surface area contributed by atoms with Crippen molar-refractivity contribution in [2.24, 2.45) is 0 Å². The van der Waals surface area contributed by atoms with Gasteiger partial charge < -0.3 is 10.1 Å². The summed E-state index contributed by atoms with van der Waals surface area (Å²) in [5.74, 6) is -0.154. The largest absolute Gasteiger partial charge is 0.495 e. The van der Waals surface area contributed by atoms with Crippen molar-refractivity contribution in [3.8, 4) is 5.75 Å². The predicted molar refractivity (Wildman–Crippen MR) is 103 cm³/mol. The zero-order chi connectivity index (χ0) is 19.3. The molecule has 6 nitrogen and oxygen atoms in total. The van der Waals surface area contributed by atoms with E-state index in [1.54, 1.807) is 31.2 Å². The molecule has 2 aromatic carbocycles. The van der Waals surface area contributed by atoms with E-state index in [4.69, 9.17) is 27.9 Å². The van der Waals surface area contributed by atoms with Gasteiger partial charge in [0.2, 0.25) is 5.91 Å². The van der Waals surface area contributed by atoms with Crippen molar-refractivity contribution < 1.29 is 17.9 Å². The molecule has 26 heavy (non-hydrogen) atoms. The minimum absolute atomic E-state index is 0.00481. The first-order chi connectivity index (χ1) is 12.3. The molecule has 9 heteroatoms. The Morgan fingerprint density at radius 3 is 2.54 bits per heavy atom. The SMILES string of the molecule is CCNC(=O)CN(c1ccccc1OC)S(=O)(=O)c1cc(Cl)ccc1Cl. The number of hydrogen-bond donors (Lipinski definition) is 1. The number of halogens is 2. The number of hydrogen-bond acceptors (Lipinski definition) is 4. The molecule has 140 valence electrons. The molecule has 0 saturated carbocycles. The van der Waals surface area contributed by atoms with Gasteiger partial charge in [0.25, 0.3) is 10.0 Å². The molecule has 2 aromatic rings. The minimum Gasteiger partial charge on any atom is -0.495 e. The van der Waals surface area contributed by atoms with Gasteiger partial charge >= 0.3 is 0 Å². The normalized spacial score (nSPS) is 11.1. The molecule has 0 aromatic heterocycles. The van der Waals surface area contributed by atoms with Crippen LogP contribution in [0, 0.1) is 0 Å². The number of benzene rings is 2. The summed E-state index contributed by atoms with van der Waals surface area (Å²) in [5, 5.41) is 2.81. The number of methoxy groups -OCH3 is 1. The number of carbonyl (C=O) groups excluding carboxylic acids is 1. The second kappa shape index (κ2) is 8.62. The molecular weight excluding hydrogens is 399 g/mol. The van der Waals surface area contributed by atoms with Crippen molar-refractivity contribution in [3.63, 3.8) is 0 Å². The van der Waals surface area contributed by atoms with E-state index in [-0.39, 0.29) is 20.6 Å². The summed E-state index contributed by atoms with van der Waals surface area (Å²) in [6, 6.07) is 10.6. The number of carbonyl (C=O) groups is 1. The molecule has 0 bridgehead atoms. The van der Waals surface area contributed by atoms with Crippen molar-refractivity contribution >= 4 is 44.8 Å². The Morgan fingerprint density at radius 2 is 1.88 bits per heavy atom. The third kappa shape index (κ3) is 4.41. The summed E-state index contributed by atoms with van der Waals surface area (Å²) in [7, 11) is -2.76. The van der Waals surface area contributed by atoms with Gasteiger partial charge in [-0.25, -0.2) is 8.42 Å². The lowest BCUT2D eigenvalue weighted by atomic mass is 10.3. The van der Waals surface area contributed by atoms with Crippen LogP contribution < -0.4 is 14.4 Å². The van der Waals surface area contributed by atoms with Crippen LogP contribution in [0.4, 0.5) is 5.69 Å². The van der Waals surface area contributed by atoms with E-state index < -0.39 is 22.5 Å². The standard InChI is InChI=1S/C17H18Cl2N2O4S/c1-3-20-17(22)11-21(14-6-4-5-7-15(14)25-2)26(23,24)16-10-12(18)8-9-13(16)19/h4-10H,3,11H2,1-2H3,(H,20,22). The topological polar surface area (TPSA) is 75.7 Å². The number of rotatable bonds is 7. The molecule has 1 amide bonds. The monoisotopic (exact) mass is 416 g/mol. The van der Waals surface area contributed by atoms with Crippen LogP contribution in [-0.4, -0.2) is 34.5 Å². The zero-order valence-corrected chi connectivity index (χ0v) is 16.5. The molecule has 0 heterocycles. The molecule has 0 unspecified atom stereocenters. The number of para-hydroxylation sites is 2. The van der Waals surface area contributed by atoms with Gasteiger partial charge in [0.1, 0.15) is 17.2 Å². The smallest absolute Gasteiger partial charge is 0.266 e. The first kappa shape index (κ1) is 20.4. The highest BCUT2D eigenvalue weighted by molar-refractivity contribution is 7.93. The molecule has 0 aliphatic heterocycles. The molecule has 0 fully saturated rings. The van der Waals surface area contributed by atoms with Crippen LogP contribution in [0.3, 0.4) is 0 Å². The molecular formula is C17H18Cl2N2O4S. The maximum atomic E-state index is 13.3. The fraction of sp³-hybridized carbons (Fsp3) is 0.235. The minimum atomic E-state index is -4.18. The van der Waals surface area contributed by atoms with E-state index >= 15 is 0 Å². The van der Waals surface area contributed by atoms with Gasteiger partial charge in [0.15, 0.2) is 0 Å². The van der Waals surface area contributed by atoms with Crippen LogP contribution in [0.2, 0.25) is 10.0 Å². The summed E-state index contributed by atoms with van der Waals surface area (Å²) in [4.78, 5) is 11.9. The highest BCUT2D eigenvalue weighted by Gasteiger charge is 2.31. The second-order valence-electron chi connectivity index (χ2n) is 5.21. The average molecular weight is 417 g/mol. The number of nitrogens with one attached hydrogen (secondary N) is 1. The quantitative estimate of drug-likeness (QED) is 0.750. The third-order valence-electron chi connectivity index (χ3n) is 3.48. The molecule has 0 spiro atoms. The lowest BCUT2D eigenvalue weighted by Gasteiger charge is -2.26. The molecule has 0 aliphatic rings. The number of likely N-dealkylation sites (N-methyl/N-ethyl adjacent to an activating group) is 1. The Bertz CT molecular complexity index is 903. The van der Waals surface area contributed by atoms with Crippen molar-refractivity contribution in [1.29, 1.82) is 0 Å². The van der Waals surface area contributed by atoms with Gasteiger partial charge in [-0.15, -0.1) is 0 Å². The molecule has 0 aliphatic carbocycles. The highest BCUT2D eigenvalue weighted by atomic mass is 35.5. The first-order valence-corrected chi connectivity index (χ1v) is 9.88. The van der Waals surface area contributed by atoms with Gasteiger partial charge in [-0.05, 0) is 37.3 Å². The summed E-state index contributed by atoms with van der Waals surface area (Å²) in [6.07, 6.45) is 0. The first-order valence-electron chi connectivity index (χ1n) is 7.68. The zero-order valence-electron chi connectivity index (χ0n) is 14.2. The number of anilines is 1. The van der Waals surface area contributed by atoms with Crippen molar-refractivity contribution in [2.75, 3.05) is 24.5 Å². The molecule has 0 saturated heterocycles. The van der Waals surface area contributed by atoms with Crippen LogP contribution in [0.1, 0.15) is 6.92 Å². The fourth-order valence-corrected chi connectivity index (χ4v) is 4.48. The maximum Gasteiger partial charge on any atom is 0.266 e. The van der Waals surface area contributed by atoms with Crippen LogP contribution in [-0.2, 0) is 14.8 Å². The second-order valence-corrected chi connectivity index (χ2v) is 7.89. The van der Waals surface area contributed by atoms with Gasteiger partial charge in [-0.2, -0.15) is 0 Å². The van der Waals surface area contributed by atoms with Gasteiger partial charge in [-0.3, -0.25) is 9.10 Å². The van der Waals surface area contributed by atoms with Crippen LogP contribution in [0.5, 0.6) is 5.75 Å². The Morgan fingerprint density at radius 1 is 1.19 bits per heavy atom. The molecule has 0 radical (unpaired) electrons. The van der Waals surface area contributed by atoms with Crippen LogP contribution in [0.25, 0.3) is 0 Å². The fourth-order valence-electron chi connectivity index (χ4n) is 2.31. The van der Waals surface area contributed by atoms with E-state index in [2.05, 4.69) is 5.32 Å². The average Bonchev–Trinajstić information content (AvgIpc) is 2.61. The maximum absolute atomic E-state index is 13.3. The Labute approximate surface area is 162 Å². The Kier molecular flexibility index (Phi) is 6.75. The van der Waals surface area contributed by atoms with E-state index in [9.17, 15) is 13.2 Å². The molecule has 2 rings (SSSR count). The summed E-state index contributed by atoms with van der Waals surface area (Å²) in [6.45, 7) is 1.68. The summed E-state index contributed by atoms with van der Waals surface area (Å²) in [5.41, 5.74) is 0.220. The van der Waals surface area contributed by atoms with Crippen LogP contribution >= 0.6 is 23.2 Å². The van der Waals surface area contributed by atoms with E-state index in [0.717, 1.165) is 4.31 Å². The number of nitrogens with zero attached hydrogens (tertiary/aromatic N) is 1. The summed E-state index contributed by atoms with van der Waals surface area (Å²) >= 11 is 12.0. The molecule has 1 N–H and O–H groups in total. The van der Waals surface area contributed by atoms with Crippen LogP contribution in [0.15, 0.2) is 47.4 Å². The van der Waals surface area contributed by atoms with Gasteiger partial charge in [-0.1, -0.05) is 35.3 Å². The molecule has 0 atom stereocenters. The van der Waals surface area contributed by atoms with Crippen molar-refractivity contribution in [3.05, 3.63) is 52.5 Å². The van der Waals surface area contributed by atoms with Crippen molar-refractivity contribution in [1.82, 2.24) is 5.32 Å². The number of sulfonamides is 1.